The standard InChI is InChI=1S/C10H12F2.C9H15F3.C8H18.C6H13Cl.C6H9F5.C6H11F3O.C6H14.C5H9F3/c1-7(2)6-8-9(11)4-3-5-10(8)12;1-6(2)7-4-3-5-8(7)9(10,11)12;1-7(2)5-6-8(3)4;1-6(2)4-3-5-7;1-4(2)3-5(7,8)6(9,10)11;1-5(2)3-4-10-6(7,8)9;1-4-5-6(2)3;1-4(2)3-5(6,7)8/h3-5,7H,6H2,1-2H3;6-8H,3-5H2,1-2H3;7-8H,5-6H2,1-4H3;6H,3-5H2,1-2H3;4H,3H2,1-2H3;5H,3-4H2,1-2H3;6H,4-5H2,1-3H3;4H,3H2,1-2H3. The summed E-state index contributed by atoms with van der Waals surface area (Å²) in [6.45, 7) is 37.1. The van der Waals surface area contributed by atoms with Gasteiger partial charge in [-0.3, -0.25) is 4.74 Å². The number of ether oxygens (including phenoxy) is 1. The van der Waals surface area contributed by atoms with Crippen LogP contribution in [0.1, 0.15) is 214 Å². The lowest BCUT2D eigenvalue weighted by molar-refractivity contribution is -0.325. The number of alkyl halides is 15. The number of rotatable bonds is 17. The molecule has 2 atom stereocenters. The highest BCUT2D eigenvalue weighted by Crippen LogP contribution is 2.46. The average Bonchev–Trinajstić information content (AvgIpc) is 3.69. The van der Waals surface area contributed by atoms with Gasteiger partial charge in [-0.15, -0.1) is 24.8 Å². The fraction of sp³-hybridized carbons (Fsp3) is 0.893. The van der Waals surface area contributed by atoms with Gasteiger partial charge in [0, 0.05) is 24.3 Å². The average molecular weight is 1130 g/mol. The van der Waals surface area contributed by atoms with Gasteiger partial charge in [0.25, 0.3) is 0 Å². The molecule has 18 heteroatoms. The highest BCUT2D eigenvalue weighted by atomic mass is 35.5. The SMILES string of the molecule is CC(C)C1CCCC1C(F)(F)F.CC(C)CC(F)(F)C(F)(F)F.CC(C)CC(F)(F)F.CC(C)CCC(C)C.CC(C)CCCCl.CC(C)CCOC(F)(F)F.CC(C)Cc1c(F)cccc1F.CCCC(C)C. The van der Waals surface area contributed by atoms with Crippen LogP contribution in [0.2, 0.25) is 0 Å². The third-order valence-electron chi connectivity index (χ3n) is 10.3. The molecule has 0 aromatic heterocycles. The lowest BCUT2D eigenvalue weighted by Gasteiger charge is -2.25. The fourth-order valence-electron chi connectivity index (χ4n) is 6.56. The molecule has 0 spiro atoms. The van der Waals surface area contributed by atoms with Crippen molar-refractivity contribution in [2.75, 3.05) is 12.5 Å². The zero-order chi connectivity index (χ0) is 60.0. The Kier molecular flexibility index (Phi) is 50.0. The van der Waals surface area contributed by atoms with E-state index in [1.165, 1.54) is 70.6 Å². The van der Waals surface area contributed by atoms with Gasteiger partial charge in [-0.2, -0.15) is 48.3 Å². The van der Waals surface area contributed by atoms with Crippen molar-refractivity contribution in [1.82, 2.24) is 0 Å². The van der Waals surface area contributed by atoms with Crippen molar-refractivity contribution in [3.63, 3.8) is 0 Å². The van der Waals surface area contributed by atoms with Gasteiger partial charge in [0.15, 0.2) is 0 Å². The van der Waals surface area contributed by atoms with Crippen LogP contribution in [0.25, 0.3) is 0 Å². The van der Waals surface area contributed by atoms with Gasteiger partial charge in [-0.05, 0) is 110 Å². The van der Waals surface area contributed by atoms with Gasteiger partial charge in [0.05, 0.1) is 12.5 Å². The first kappa shape index (κ1) is 83.7. The number of hydrogen-bond acceptors (Lipinski definition) is 1. The maximum absolute atomic E-state index is 13.0. The largest absolute Gasteiger partial charge is 0.522 e. The van der Waals surface area contributed by atoms with Crippen molar-refractivity contribution in [2.24, 2.45) is 65.1 Å². The Morgan fingerprint density at radius 3 is 1.14 bits per heavy atom. The molecule has 0 amide bonds. The lowest BCUT2D eigenvalue weighted by atomic mass is 9.86. The van der Waals surface area contributed by atoms with E-state index in [4.69, 9.17) is 11.6 Å². The Morgan fingerprint density at radius 1 is 0.527 bits per heavy atom. The normalized spacial score (nSPS) is 15.0. The molecule has 0 aliphatic heterocycles. The van der Waals surface area contributed by atoms with E-state index < -0.39 is 67.1 Å². The zero-order valence-electron chi connectivity index (χ0n) is 48.5. The molecule has 2 rings (SSSR count). The van der Waals surface area contributed by atoms with Crippen LogP contribution >= 0.6 is 11.6 Å². The van der Waals surface area contributed by atoms with Gasteiger partial charge >= 0.3 is 30.8 Å². The second kappa shape index (κ2) is 44.2. The van der Waals surface area contributed by atoms with Crippen LogP contribution in [0, 0.1) is 76.7 Å². The summed E-state index contributed by atoms with van der Waals surface area (Å²) in [5.74, 6) is -2.53. The maximum Gasteiger partial charge on any atom is 0.522 e. The van der Waals surface area contributed by atoms with E-state index in [9.17, 15) is 70.2 Å². The van der Waals surface area contributed by atoms with Crippen LogP contribution in [-0.2, 0) is 11.2 Å². The molecule has 1 aromatic carbocycles. The Morgan fingerprint density at radius 2 is 0.932 bits per heavy atom. The predicted octanol–water partition coefficient (Wildman–Crippen LogP) is 23.4. The summed E-state index contributed by atoms with van der Waals surface area (Å²) in [5, 5.41) is 0. The van der Waals surface area contributed by atoms with E-state index in [1.54, 1.807) is 13.8 Å². The zero-order valence-corrected chi connectivity index (χ0v) is 49.3. The van der Waals surface area contributed by atoms with E-state index in [1.807, 2.05) is 41.5 Å². The number of halogens is 17. The molecule has 450 valence electrons. The molecule has 2 unspecified atom stereocenters. The minimum atomic E-state index is -5.41. The van der Waals surface area contributed by atoms with E-state index >= 15 is 0 Å². The lowest BCUT2D eigenvalue weighted by Crippen LogP contribution is -2.37. The topological polar surface area (TPSA) is 9.23 Å². The molecule has 0 heterocycles. The third kappa shape index (κ3) is 61.2. The highest BCUT2D eigenvalue weighted by molar-refractivity contribution is 6.17. The van der Waals surface area contributed by atoms with Crippen LogP contribution in [0.3, 0.4) is 0 Å². The Balaban J connectivity index is -0.000000180. The molecule has 1 aromatic rings. The van der Waals surface area contributed by atoms with Crippen molar-refractivity contribution >= 4 is 11.6 Å². The van der Waals surface area contributed by atoms with Gasteiger partial charge in [0.2, 0.25) is 0 Å². The Hall–Kier alpha value is -1.65. The minimum Gasteiger partial charge on any atom is -0.292 e. The Labute approximate surface area is 444 Å². The van der Waals surface area contributed by atoms with E-state index in [2.05, 4.69) is 67.1 Å². The van der Waals surface area contributed by atoms with Gasteiger partial charge in [0.1, 0.15) is 11.6 Å². The monoisotopic (exact) mass is 1130 g/mol. The number of benzene rings is 1. The van der Waals surface area contributed by atoms with Crippen molar-refractivity contribution in [3.8, 4) is 0 Å². The summed E-state index contributed by atoms with van der Waals surface area (Å²) >= 11 is 5.45. The summed E-state index contributed by atoms with van der Waals surface area (Å²) in [6.07, 6.45) is -8.98. The van der Waals surface area contributed by atoms with Crippen LogP contribution in [0.5, 0.6) is 0 Å². The fourth-order valence-corrected chi connectivity index (χ4v) is 6.71. The molecule has 74 heavy (non-hydrogen) atoms. The van der Waals surface area contributed by atoms with Crippen molar-refractivity contribution in [2.45, 2.75) is 246 Å². The first-order valence-electron chi connectivity index (χ1n) is 26.5. The summed E-state index contributed by atoms with van der Waals surface area (Å²) in [7, 11) is 0. The molecule has 1 aliphatic carbocycles. The summed E-state index contributed by atoms with van der Waals surface area (Å²) in [6, 6.07) is 3.97. The van der Waals surface area contributed by atoms with Gasteiger partial charge in [-0.1, -0.05) is 170 Å². The minimum absolute atomic E-state index is 0.134. The number of hydrogen-bond donors (Lipinski definition) is 0. The molecule has 1 fully saturated rings. The van der Waals surface area contributed by atoms with E-state index in [-0.39, 0.29) is 41.8 Å². The molecule has 0 radical (unpaired) electrons. The highest BCUT2D eigenvalue weighted by Gasteiger charge is 2.57. The van der Waals surface area contributed by atoms with Crippen molar-refractivity contribution in [3.05, 3.63) is 35.4 Å². The third-order valence-corrected chi connectivity index (χ3v) is 10.6. The van der Waals surface area contributed by atoms with Crippen LogP contribution in [0.15, 0.2) is 18.2 Å². The smallest absolute Gasteiger partial charge is 0.292 e. The molecule has 0 saturated heterocycles. The predicted molar refractivity (Wildman–Crippen MR) is 278 cm³/mol. The van der Waals surface area contributed by atoms with Crippen LogP contribution in [0.4, 0.5) is 70.2 Å². The Bertz CT molecular complexity index is 1350. The van der Waals surface area contributed by atoms with Gasteiger partial charge < -0.3 is 0 Å². The second-order valence-corrected chi connectivity index (χ2v) is 22.9. The molecule has 0 N–H and O–H groups in total. The first-order valence-corrected chi connectivity index (χ1v) is 27.0. The van der Waals surface area contributed by atoms with Gasteiger partial charge in [-0.25, -0.2) is 8.78 Å². The van der Waals surface area contributed by atoms with Crippen molar-refractivity contribution in [1.29, 1.82) is 0 Å². The maximum atomic E-state index is 13.0. The quantitative estimate of drug-likeness (QED) is 0.112. The molecule has 1 nitrogen and oxygen atoms in total. The molecule has 0 bridgehead atoms. The summed E-state index contributed by atoms with van der Waals surface area (Å²) < 4.78 is 193. The van der Waals surface area contributed by atoms with E-state index in [0.717, 1.165) is 42.4 Å². The van der Waals surface area contributed by atoms with Crippen LogP contribution < -0.4 is 0 Å². The van der Waals surface area contributed by atoms with Crippen molar-refractivity contribution < 1.29 is 75.0 Å². The summed E-state index contributed by atoms with van der Waals surface area (Å²) in [4.78, 5) is 0. The second-order valence-electron chi connectivity index (χ2n) is 22.5. The van der Waals surface area contributed by atoms with E-state index in [0.29, 0.717) is 19.3 Å². The first-order chi connectivity index (χ1) is 33.2. The molecule has 1 aliphatic rings. The molecular formula is C56H101ClF16O. The summed E-state index contributed by atoms with van der Waals surface area (Å²) in [5.41, 5.74) is 0.201. The molecule has 1 saturated carbocycles. The van der Waals surface area contributed by atoms with Crippen LogP contribution in [-0.4, -0.2) is 43.3 Å². The molecular weight excluding hydrogens is 1030 g/mol.